The number of rotatable bonds is 8. The number of carbonyl (C=O) groups is 1. The topological polar surface area (TPSA) is 61.4 Å². The average Bonchev–Trinajstić information content (AvgIpc) is 2.22. The highest BCUT2D eigenvalue weighted by Crippen LogP contribution is 2.10. The number of nitrogens with one attached hydrogen (secondary N) is 2. The molecule has 0 aliphatic rings. The van der Waals surface area contributed by atoms with Crippen molar-refractivity contribution in [1.82, 2.24) is 10.6 Å². The van der Waals surface area contributed by atoms with Gasteiger partial charge in [-0.05, 0) is 20.3 Å². The van der Waals surface area contributed by atoms with Crippen molar-refractivity contribution in [3.63, 3.8) is 0 Å². The third-order valence-corrected chi connectivity index (χ3v) is 2.39. The fraction of sp³-hybridized carbons (Fsp3) is 0.750. The largest absolute Gasteiger partial charge is 0.389 e. The summed E-state index contributed by atoms with van der Waals surface area (Å²) < 4.78 is 0. The summed E-state index contributed by atoms with van der Waals surface area (Å²) in [5, 5.41) is 15.6. The average molecular weight is 228 g/mol. The molecule has 4 heteroatoms. The Balaban J connectivity index is 3.91. The molecule has 0 fully saturated rings. The molecule has 0 aliphatic heterocycles. The monoisotopic (exact) mass is 228 g/mol. The lowest BCUT2D eigenvalue weighted by Crippen LogP contribution is -2.48. The minimum absolute atomic E-state index is 0.0767. The van der Waals surface area contributed by atoms with E-state index in [1.807, 2.05) is 6.92 Å². The van der Waals surface area contributed by atoms with Gasteiger partial charge in [-0.15, -0.1) is 6.58 Å². The Morgan fingerprint density at radius 1 is 1.62 bits per heavy atom. The van der Waals surface area contributed by atoms with Crippen LogP contribution in [0, 0.1) is 0 Å². The van der Waals surface area contributed by atoms with Gasteiger partial charge in [-0.3, -0.25) is 4.79 Å². The third-order valence-electron chi connectivity index (χ3n) is 2.39. The van der Waals surface area contributed by atoms with E-state index in [9.17, 15) is 9.90 Å². The molecule has 0 saturated heterocycles. The van der Waals surface area contributed by atoms with Crippen LogP contribution in [0.1, 0.15) is 33.6 Å². The van der Waals surface area contributed by atoms with Gasteiger partial charge in [0.15, 0.2) is 0 Å². The number of hydrogen-bond donors (Lipinski definition) is 3. The standard InChI is InChI=1S/C12H24N2O2/c1-5-7-12(4,16)9-14-10(3)11(15)13-8-6-2/h6,10,14,16H,2,5,7-9H2,1,3-4H3,(H,13,15). The molecule has 0 rings (SSSR count). The van der Waals surface area contributed by atoms with Crippen LogP contribution in [0.3, 0.4) is 0 Å². The smallest absolute Gasteiger partial charge is 0.237 e. The van der Waals surface area contributed by atoms with Gasteiger partial charge >= 0.3 is 0 Å². The van der Waals surface area contributed by atoms with Crippen molar-refractivity contribution in [2.45, 2.75) is 45.3 Å². The summed E-state index contributed by atoms with van der Waals surface area (Å²) in [5.41, 5.74) is -0.748. The van der Waals surface area contributed by atoms with E-state index in [-0.39, 0.29) is 11.9 Å². The van der Waals surface area contributed by atoms with E-state index >= 15 is 0 Å². The maximum absolute atomic E-state index is 11.5. The van der Waals surface area contributed by atoms with Crippen LogP contribution in [0.5, 0.6) is 0 Å². The summed E-state index contributed by atoms with van der Waals surface area (Å²) in [7, 11) is 0. The van der Waals surface area contributed by atoms with Gasteiger partial charge in [0.1, 0.15) is 0 Å². The molecule has 0 spiro atoms. The molecule has 0 aromatic carbocycles. The number of hydrogen-bond acceptors (Lipinski definition) is 3. The van der Waals surface area contributed by atoms with Crippen molar-refractivity contribution in [1.29, 1.82) is 0 Å². The Morgan fingerprint density at radius 2 is 2.25 bits per heavy atom. The Bertz CT molecular complexity index is 227. The number of amides is 1. The first kappa shape index (κ1) is 15.1. The van der Waals surface area contributed by atoms with E-state index in [4.69, 9.17) is 0 Å². The highest BCUT2D eigenvalue weighted by Gasteiger charge is 2.21. The first-order valence-corrected chi connectivity index (χ1v) is 5.77. The van der Waals surface area contributed by atoms with E-state index in [2.05, 4.69) is 17.2 Å². The minimum atomic E-state index is -0.748. The molecule has 0 aromatic rings. The molecule has 0 aliphatic carbocycles. The zero-order chi connectivity index (χ0) is 12.6. The molecule has 0 bridgehead atoms. The molecule has 1 amide bonds. The lowest BCUT2D eigenvalue weighted by molar-refractivity contribution is -0.122. The Morgan fingerprint density at radius 3 is 2.75 bits per heavy atom. The van der Waals surface area contributed by atoms with Crippen LogP contribution in [0.15, 0.2) is 12.7 Å². The summed E-state index contributed by atoms with van der Waals surface area (Å²) in [5.74, 6) is -0.0767. The lowest BCUT2D eigenvalue weighted by atomic mass is 10.0. The fourth-order valence-electron chi connectivity index (χ4n) is 1.42. The van der Waals surface area contributed by atoms with Gasteiger partial charge in [0, 0.05) is 13.1 Å². The van der Waals surface area contributed by atoms with Crippen LogP contribution in [0.2, 0.25) is 0 Å². The molecule has 4 nitrogen and oxygen atoms in total. The predicted octanol–water partition coefficient (Wildman–Crippen LogP) is 0.818. The van der Waals surface area contributed by atoms with Crippen LogP contribution in [-0.2, 0) is 4.79 Å². The van der Waals surface area contributed by atoms with Gasteiger partial charge in [-0.25, -0.2) is 0 Å². The van der Waals surface area contributed by atoms with Crippen molar-refractivity contribution in [2.24, 2.45) is 0 Å². The molecular formula is C12H24N2O2. The summed E-state index contributed by atoms with van der Waals surface area (Å²) in [4.78, 5) is 11.5. The quantitative estimate of drug-likeness (QED) is 0.539. The Kier molecular flexibility index (Phi) is 7.01. The summed E-state index contributed by atoms with van der Waals surface area (Å²) in [6, 6.07) is -0.303. The minimum Gasteiger partial charge on any atom is -0.389 e. The molecule has 16 heavy (non-hydrogen) atoms. The van der Waals surface area contributed by atoms with Crippen LogP contribution >= 0.6 is 0 Å². The number of aliphatic hydroxyl groups is 1. The molecular weight excluding hydrogens is 204 g/mol. The van der Waals surface area contributed by atoms with Crippen LogP contribution in [0.25, 0.3) is 0 Å². The molecule has 2 unspecified atom stereocenters. The maximum atomic E-state index is 11.5. The second kappa shape index (κ2) is 7.41. The van der Waals surface area contributed by atoms with Crippen LogP contribution in [0.4, 0.5) is 0 Å². The highest BCUT2D eigenvalue weighted by molar-refractivity contribution is 5.81. The summed E-state index contributed by atoms with van der Waals surface area (Å²) in [6.45, 7) is 9.99. The van der Waals surface area contributed by atoms with Crippen LogP contribution < -0.4 is 10.6 Å². The van der Waals surface area contributed by atoms with Crippen molar-refractivity contribution < 1.29 is 9.90 Å². The van der Waals surface area contributed by atoms with Crippen molar-refractivity contribution in [2.75, 3.05) is 13.1 Å². The maximum Gasteiger partial charge on any atom is 0.237 e. The van der Waals surface area contributed by atoms with E-state index in [0.717, 1.165) is 12.8 Å². The van der Waals surface area contributed by atoms with Gasteiger partial charge in [0.05, 0.1) is 11.6 Å². The second-order valence-corrected chi connectivity index (χ2v) is 4.38. The Hall–Kier alpha value is -0.870. The van der Waals surface area contributed by atoms with Crippen molar-refractivity contribution in [3.05, 3.63) is 12.7 Å². The molecule has 0 heterocycles. The molecule has 0 radical (unpaired) electrons. The van der Waals surface area contributed by atoms with Gasteiger partial charge < -0.3 is 15.7 Å². The normalized spacial score (nSPS) is 16.2. The van der Waals surface area contributed by atoms with Gasteiger partial charge in [0.2, 0.25) is 5.91 Å². The van der Waals surface area contributed by atoms with E-state index < -0.39 is 5.60 Å². The van der Waals surface area contributed by atoms with Gasteiger partial charge in [0.25, 0.3) is 0 Å². The van der Waals surface area contributed by atoms with E-state index in [1.54, 1.807) is 19.9 Å². The fourth-order valence-corrected chi connectivity index (χ4v) is 1.42. The van der Waals surface area contributed by atoms with Crippen molar-refractivity contribution >= 4 is 5.91 Å². The number of carbonyl (C=O) groups excluding carboxylic acids is 1. The molecule has 2 atom stereocenters. The Labute approximate surface area is 98.1 Å². The van der Waals surface area contributed by atoms with Crippen molar-refractivity contribution in [3.8, 4) is 0 Å². The zero-order valence-corrected chi connectivity index (χ0v) is 10.5. The van der Waals surface area contributed by atoms with Gasteiger partial charge in [-0.1, -0.05) is 19.4 Å². The SMILES string of the molecule is C=CCNC(=O)C(C)NCC(C)(O)CCC. The molecule has 3 N–H and O–H groups in total. The molecule has 94 valence electrons. The summed E-state index contributed by atoms with van der Waals surface area (Å²) in [6.07, 6.45) is 3.28. The summed E-state index contributed by atoms with van der Waals surface area (Å²) >= 11 is 0. The van der Waals surface area contributed by atoms with Crippen LogP contribution in [-0.4, -0.2) is 35.7 Å². The third kappa shape index (κ3) is 6.58. The first-order valence-electron chi connectivity index (χ1n) is 5.77. The predicted molar refractivity (Wildman–Crippen MR) is 66.2 cm³/mol. The van der Waals surface area contributed by atoms with E-state index in [1.165, 1.54) is 0 Å². The van der Waals surface area contributed by atoms with Gasteiger partial charge in [-0.2, -0.15) is 0 Å². The first-order chi connectivity index (χ1) is 7.43. The second-order valence-electron chi connectivity index (χ2n) is 4.38. The molecule has 0 aromatic heterocycles. The highest BCUT2D eigenvalue weighted by atomic mass is 16.3. The molecule has 0 saturated carbocycles. The lowest BCUT2D eigenvalue weighted by Gasteiger charge is -2.25. The zero-order valence-electron chi connectivity index (χ0n) is 10.5. The van der Waals surface area contributed by atoms with E-state index in [0.29, 0.717) is 13.1 Å².